The lowest BCUT2D eigenvalue weighted by Gasteiger charge is -2.22. The third kappa shape index (κ3) is 4.80. The number of nitrogens with zero attached hydrogens (tertiary/aromatic N) is 4. The zero-order valence-corrected chi connectivity index (χ0v) is 16.6. The topological polar surface area (TPSA) is 97.3 Å². The Kier molecular flexibility index (Phi) is 6.71. The molecule has 0 radical (unpaired) electrons. The largest absolute Gasteiger partial charge is 0.468 e. The second-order valence-corrected chi connectivity index (χ2v) is 7.16. The number of aryl methyl sites for hydroxylation is 1. The van der Waals surface area contributed by atoms with Crippen molar-refractivity contribution in [2.75, 3.05) is 19.5 Å². The summed E-state index contributed by atoms with van der Waals surface area (Å²) in [4.78, 5) is 13.3. The Labute approximate surface area is 160 Å². The van der Waals surface area contributed by atoms with Crippen LogP contribution in [0.2, 0.25) is 0 Å². The molecule has 8 heteroatoms. The van der Waals surface area contributed by atoms with E-state index in [4.69, 9.17) is 19.9 Å². The lowest BCUT2D eigenvalue weighted by Crippen LogP contribution is -2.19. The van der Waals surface area contributed by atoms with Crippen LogP contribution in [0, 0.1) is 0 Å². The van der Waals surface area contributed by atoms with Crippen LogP contribution >= 0.6 is 0 Å². The number of ether oxygens (including phenoxy) is 3. The molecule has 2 atom stereocenters. The van der Waals surface area contributed by atoms with Gasteiger partial charge in [-0.3, -0.25) is 4.57 Å². The van der Waals surface area contributed by atoms with Crippen LogP contribution in [0.1, 0.15) is 58.8 Å². The molecule has 2 aromatic heterocycles. The molecular formula is C19H31N5O3. The van der Waals surface area contributed by atoms with Crippen LogP contribution in [0.5, 0.6) is 12.0 Å². The van der Waals surface area contributed by atoms with Gasteiger partial charge < -0.3 is 19.9 Å². The van der Waals surface area contributed by atoms with Crippen molar-refractivity contribution < 1.29 is 14.2 Å². The molecule has 0 amide bonds. The van der Waals surface area contributed by atoms with Gasteiger partial charge in [-0.15, -0.1) is 0 Å². The summed E-state index contributed by atoms with van der Waals surface area (Å²) in [5.74, 6) is 0.311. The van der Waals surface area contributed by atoms with Crippen LogP contribution in [0.25, 0.3) is 11.2 Å². The molecule has 27 heavy (non-hydrogen) atoms. The molecule has 1 unspecified atom stereocenters. The van der Waals surface area contributed by atoms with Crippen molar-refractivity contribution in [2.45, 2.75) is 77.5 Å². The Morgan fingerprint density at radius 3 is 2.85 bits per heavy atom. The molecule has 150 valence electrons. The van der Waals surface area contributed by atoms with E-state index in [1.807, 2.05) is 11.5 Å². The van der Waals surface area contributed by atoms with E-state index in [1.54, 1.807) is 7.11 Å². The summed E-state index contributed by atoms with van der Waals surface area (Å²) in [5.41, 5.74) is 7.31. The summed E-state index contributed by atoms with van der Waals surface area (Å²) in [6.07, 6.45) is 7.90. The SMILES string of the molecule is CCC[C@H](C)Oc1nc(N)c2nc(OC)n(CCCC3CCCCO3)c2n1. The molecular weight excluding hydrogens is 346 g/mol. The maximum absolute atomic E-state index is 6.11. The van der Waals surface area contributed by atoms with E-state index in [0.717, 1.165) is 45.3 Å². The Morgan fingerprint density at radius 1 is 1.30 bits per heavy atom. The second-order valence-electron chi connectivity index (χ2n) is 7.16. The summed E-state index contributed by atoms with van der Waals surface area (Å²) < 4.78 is 19.1. The second kappa shape index (κ2) is 9.21. The number of nitrogens with two attached hydrogens (primary N) is 1. The fourth-order valence-electron chi connectivity index (χ4n) is 3.55. The minimum absolute atomic E-state index is 0.0357. The summed E-state index contributed by atoms with van der Waals surface area (Å²) in [5, 5.41) is 0. The first-order chi connectivity index (χ1) is 13.1. The van der Waals surface area contributed by atoms with Crippen LogP contribution in [-0.4, -0.2) is 45.4 Å². The molecule has 0 bridgehead atoms. The molecule has 0 saturated carbocycles. The van der Waals surface area contributed by atoms with Crippen molar-refractivity contribution in [3.8, 4) is 12.0 Å². The van der Waals surface area contributed by atoms with Crippen molar-refractivity contribution in [2.24, 2.45) is 0 Å². The lowest BCUT2D eigenvalue weighted by molar-refractivity contribution is 0.00948. The molecule has 3 rings (SSSR count). The van der Waals surface area contributed by atoms with Crippen molar-refractivity contribution in [3.05, 3.63) is 0 Å². The van der Waals surface area contributed by atoms with Gasteiger partial charge in [0, 0.05) is 13.2 Å². The van der Waals surface area contributed by atoms with Crippen LogP contribution in [0.3, 0.4) is 0 Å². The van der Waals surface area contributed by atoms with Crippen LogP contribution in [0.4, 0.5) is 5.82 Å². The first-order valence-electron chi connectivity index (χ1n) is 9.98. The smallest absolute Gasteiger partial charge is 0.320 e. The van der Waals surface area contributed by atoms with Gasteiger partial charge in [0.1, 0.15) is 0 Å². The minimum atomic E-state index is 0.0357. The molecule has 1 aliphatic rings. The van der Waals surface area contributed by atoms with Crippen LogP contribution < -0.4 is 15.2 Å². The van der Waals surface area contributed by atoms with Gasteiger partial charge in [-0.1, -0.05) is 13.3 Å². The molecule has 2 aromatic rings. The van der Waals surface area contributed by atoms with E-state index in [0.29, 0.717) is 35.1 Å². The number of anilines is 1. The predicted molar refractivity (Wildman–Crippen MR) is 104 cm³/mol. The number of imidazole rings is 1. The van der Waals surface area contributed by atoms with E-state index in [-0.39, 0.29) is 6.10 Å². The van der Waals surface area contributed by atoms with Crippen molar-refractivity contribution in [1.29, 1.82) is 0 Å². The molecule has 1 fully saturated rings. The molecule has 1 saturated heterocycles. The Balaban J connectivity index is 1.78. The third-order valence-corrected chi connectivity index (χ3v) is 4.93. The number of rotatable bonds is 9. The van der Waals surface area contributed by atoms with Gasteiger partial charge in [0.2, 0.25) is 0 Å². The highest BCUT2D eigenvalue weighted by molar-refractivity contribution is 5.83. The summed E-state index contributed by atoms with van der Waals surface area (Å²) in [6, 6.07) is 0.787. The fourth-order valence-corrected chi connectivity index (χ4v) is 3.55. The minimum Gasteiger partial charge on any atom is -0.468 e. The fraction of sp³-hybridized carbons (Fsp3) is 0.737. The van der Waals surface area contributed by atoms with Gasteiger partial charge in [-0.05, 0) is 45.4 Å². The molecule has 2 N–H and O–H groups in total. The Morgan fingerprint density at radius 2 is 2.15 bits per heavy atom. The van der Waals surface area contributed by atoms with Crippen molar-refractivity contribution in [3.63, 3.8) is 0 Å². The van der Waals surface area contributed by atoms with Crippen LogP contribution in [-0.2, 0) is 11.3 Å². The first-order valence-corrected chi connectivity index (χ1v) is 9.98. The zero-order valence-electron chi connectivity index (χ0n) is 16.6. The van der Waals surface area contributed by atoms with Gasteiger partial charge >= 0.3 is 6.01 Å². The quantitative estimate of drug-likeness (QED) is 0.716. The standard InChI is InChI=1S/C19H31N5O3/c1-4-8-13(2)27-18-22-16(20)15-17(23-18)24(19(21-15)25-3)11-7-10-14-9-5-6-12-26-14/h13-14H,4-12H2,1-3H3,(H2,20,22,23)/t13-,14?/m0/s1. The normalized spacial score (nSPS) is 18.6. The average Bonchev–Trinajstić information content (AvgIpc) is 3.01. The van der Waals surface area contributed by atoms with E-state index in [9.17, 15) is 0 Å². The molecule has 3 heterocycles. The van der Waals surface area contributed by atoms with Crippen LogP contribution in [0.15, 0.2) is 0 Å². The third-order valence-electron chi connectivity index (χ3n) is 4.93. The lowest BCUT2D eigenvalue weighted by atomic mass is 10.0. The van der Waals surface area contributed by atoms with E-state index < -0.39 is 0 Å². The zero-order chi connectivity index (χ0) is 19.2. The van der Waals surface area contributed by atoms with E-state index in [2.05, 4.69) is 21.9 Å². The number of nitrogen functional groups attached to an aromatic ring is 1. The molecule has 8 nitrogen and oxygen atoms in total. The maximum Gasteiger partial charge on any atom is 0.320 e. The number of hydrogen-bond donors (Lipinski definition) is 1. The monoisotopic (exact) mass is 377 g/mol. The highest BCUT2D eigenvalue weighted by Crippen LogP contribution is 2.27. The maximum atomic E-state index is 6.11. The number of methoxy groups -OCH3 is 1. The summed E-state index contributed by atoms with van der Waals surface area (Å²) >= 11 is 0. The Bertz CT molecular complexity index is 743. The van der Waals surface area contributed by atoms with Crippen molar-refractivity contribution in [1.82, 2.24) is 19.5 Å². The van der Waals surface area contributed by atoms with E-state index >= 15 is 0 Å². The Hall–Kier alpha value is -2.09. The van der Waals surface area contributed by atoms with Gasteiger partial charge in [0.15, 0.2) is 17.0 Å². The highest BCUT2D eigenvalue weighted by atomic mass is 16.5. The van der Waals surface area contributed by atoms with E-state index in [1.165, 1.54) is 12.8 Å². The number of fused-ring (bicyclic) bond motifs is 1. The summed E-state index contributed by atoms with van der Waals surface area (Å²) in [7, 11) is 1.60. The van der Waals surface area contributed by atoms with Gasteiger partial charge in [0.05, 0.1) is 19.3 Å². The first kappa shape index (κ1) is 19.7. The predicted octanol–water partition coefficient (Wildman–Crippen LogP) is 3.33. The average molecular weight is 377 g/mol. The molecule has 0 spiro atoms. The number of hydrogen-bond acceptors (Lipinski definition) is 7. The molecule has 1 aliphatic heterocycles. The summed E-state index contributed by atoms with van der Waals surface area (Å²) in [6.45, 7) is 5.74. The van der Waals surface area contributed by atoms with Crippen molar-refractivity contribution >= 4 is 17.0 Å². The van der Waals surface area contributed by atoms with Gasteiger partial charge in [-0.2, -0.15) is 15.0 Å². The number of aromatic nitrogens is 4. The highest BCUT2D eigenvalue weighted by Gasteiger charge is 2.19. The van der Waals surface area contributed by atoms with Gasteiger partial charge in [0.25, 0.3) is 6.01 Å². The molecule has 0 aliphatic carbocycles. The van der Waals surface area contributed by atoms with Gasteiger partial charge in [-0.25, -0.2) is 0 Å². The molecule has 0 aromatic carbocycles.